The van der Waals surface area contributed by atoms with Crippen LogP contribution in [0.4, 0.5) is 0 Å². The quantitative estimate of drug-likeness (QED) is 0.518. The number of rotatable bonds is 2. The summed E-state index contributed by atoms with van der Waals surface area (Å²) in [5, 5.41) is 11.1. The van der Waals surface area contributed by atoms with E-state index in [1.165, 1.54) is 6.92 Å². The molecule has 1 atom stereocenters. The molecule has 0 aromatic rings. The van der Waals surface area contributed by atoms with Gasteiger partial charge in [-0.3, -0.25) is 4.79 Å². The number of aliphatic hydroxyl groups is 1. The monoisotopic (exact) mass is 209 g/mol. The molecule has 4 heteroatoms. The van der Waals surface area contributed by atoms with Crippen LogP contribution in [0.15, 0.2) is 0 Å². The first-order chi connectivity index (χ1) is 4.34. The predicted octanol–water partition coefficient (Wildman–Crippen LogP) is 0.614. The molecule has 0 aliphatic carbocycles. The van der Waals surface area contributed by atoms with Crippen LogP contribution in [0.3, 0.4) is 0 Å². The zero-order valence-electron chi connectivity index (χ0n) is 6.31. The number of aliphatic hydroxyl groups excluding tert-OH is 1. The second-order valence-corrected chi connectivity index (χ2v) is 4.60. The molecule has 0 aliphatic rings. The van der Waals surface area contributed by atoms with Gasteiger partial charge >= 0.3 is 0 Å². The van der Waals surface area contributed by atoms with Crippen molar-refractivity contribution >= 4 is 21.8 Å². The number of nitrogens with one attached hydrogen (secondary N) is 1. The van der Waals surface area contributed by atoms with Gasteiger partial charge in [0.15, 0.2) is 0 Å². The van der Waals surface area contributed by atoms with Gasteiger partial charge in [-0.1, -0.05) is 15.9 Å². The van der Waals surface area contributed by atoms with Gasteiger partial charge in [-0.05, 0) is 20.8 Å². The number of halogens is 1. The maximum Gasteiger partial charge on any atom is 0.238 e. The summed E-state index contributed by atoms with van der Waals surface area (Å²) in [6.07, 6.45) is -0.788. The van der Waals surface area contributed by atoms with Crippen LogP contribution in [0.2, 0.25) is 0 Å². The first-order valence-electron chi connectivity index (χ1n) is 3.02. The third-order valence-electron chi connectivity index (χ3n) is 0.880. The minimum Gasteiger partial charge on any atom is -0.374 e. The Kier molecular flexibility index (Phi) is 3.31. The van der Waals surface area contributed by atoms with E-state index in [0.29, 0.717) is 0 Å². The summed E-state index contributed by atoms with van der Waals surface area (Å²) >= 11 is 3.15. The Morgan fingerprint density at radius 2 is 2.10 bits per heavy atom. The lowest BCUT2D eigenvalue weighted by Crippen LogP contribution is -2.42. The van der Waals surface area contributed by atoms with E-state index in [2.05, 4.69) is 21.2 Å². The van der Waals surface area contributed by atoms with E-state index in [1.54, 1.807) is 13.8 Å². The molecule has 0 spiro atoms. The van der Waals surface area contributed by atoms with Crippen molar-refractivity contribution in [1.29, 1.82) is 0 Å². The third kappa shape index (κ3) is 3.85. The Labute approximate surface area is 68.9 Å². The Hall–Kier alpha value is -0.0900. The lowest BCUT2D eigenvalue weighted by atomic mass is 10.2. The van der Waals surface area contributed by atoms with E-state index < -0.39 is 10.6 Å². The lowest BCUT2D eigenvalue weighted by Gasteiger charge is -2.16. The van der Waals surface area contributed by atoms with Gasteiger partial charge in [0.05, 0.1) is 4.32 Å². The minimum atomic E-state index is -0.788. The van der Waals surface area contributed by atoms with Gasteiger partial charge < -0.3 is 10.4 Å². The van der Waals surface area contributed by atoms with Crippen LogP contribution in [0, 0.1) is 0 Å². The van der Waals surface area contributed by atoms with Crippen LogP contribution in [0.1, 0.15) is 20.8 Å². The van der Waals surface area contributed by atoms with Crippen LogP contribution in [0.5, 0.6) is 0 Å². The largest absolute Gasteiger partial charge is 0.374 e. The van der Waals surface area contributed by atoms with Crippen molar-refractivity contribution in [3.05, 3.63) is 0 Å². The number of hydrogen-bond acceptors (Lipinski definition) is 2. The maximum absolute atomic E-state index is 11.0. The van der Waals surface area contributed by atoms with Crippen LogP contribution in [-0.4, -0.2) is 21.6 Å². The van der Waals surface area contributed by atoms with Crippen molar-refractivity contribution in [1.82, 2.24) is 5.32 Å². The molecule has 0 saturated carbocycles. The van der Waals surface area contributed by atoms with Crippen LogP contribution < -0.4 is 5.32 Å². The van der Waals surface area contributed by atoms with Gasteiger partial charge in [0.2, 0.25) is 5.91 Å². The van der Waals surface area contributed by atoms with E-state index >= 15 is 0 Å². The second-order valence-electron chi connectivity index (χ2n) is 2.62. The van der Waals surface area contributed by atoms with Crippen molar-refractivity contribution in [2.24, 2.45) is 0 Å². The molecule has 10 heavy (non-hydrogen) atoms. The lowest BCUT2D eigenvalue weighted by molar-refractivity contribution is -0.125. The van der Waals surface area contributed by atoms with Crippen molar-refractivity contribution in [3.63, 3.8) is 0 Å². The first kappa shape index (κ1) is 9.91. The van der Waals surface area contributed by atoms with Gasteiger partial charge in [-0.25, -0.2) is 0 Å². The van der Waals surface area contributed by atoms with Crippen molar-refractivity contribution < 1.29 is 9.90 Å². The summed E-state index contributed by atoms with van der Waals surface area (Å²) in [6.45, 7) is 4.92. The van der Waals surface area contributed by atoms with Crippen LogP contribution >= 0.6 is 15.9 Å². The number of amides is 1. The first-order valence-corrected chi connectivity index (χ1v) is 3.81. The highest BCUT2D eigenvalue weighted by atomic mass is 79.9. The second kappa shape index (κ2) is 3.34. The molecule has 0 rings (SSSR count). The summed E-state index contributed by atoms with van der Waals surface area (Å²) in [4.78, 5) is 11.0. The van der Waals surface area contributed by atoms with E-state index in [-0.39, 0.29) is 5.91 Å². The fourth-order valence-electron chi connectivity index (χ4n) is 0.361. The van der Waals surface area contributed by atoms with Crippen molar-refractivity contribution in [3.8, 4) is 0 Å². The Balaban J connectivity index is 3.87. The molecule has 1 amide bonds. The van der Waals surface area contributed by atoms with Gasteiger partial charge in [-0.15, -0.1) is 0 Å². The molecule has 0 aromatic carbocycles. The molecule has 0 aliphatic heterocycles. The van der Waals surface area contributed by atoms with Gasteiger partial charge in [-0.2, -0.15) is 0 Å². The van der Waals surface area contributed by atoms with E-state index in [0.717, 1.165) is 0 Å². The summed E-state index contributed by atoms with van der Waals surface area (Å²) in [7, 11) is 0. The zero-order valence-corrected chi connectivity index (χ0v) is 7.90. The molecule has 2 N–H and O–H groups in total. The highest BCUT2D eigenvalue weighted by molar-refractivity contribution is 9.10. The molecule has 0 heterocycles. The Morgan fingerprint density at radius 3 is 2.20 bits per heavy atom. The standard InChI is InChI=1S/C6H12BrNO2/c1-4(9)8-5(10)6(2,3)7/h4,9H,1-3H3,(H,8,10). The van der Waals surface area contributed by atoms with Gasteiger partial charge in [0, 0.05) is 0 Å². The fraction of sp³-hybridized carbons (Fsp3) is 0.833. The number of carbonyl (C=O) groups excluding carboxylic acids is 1. The van der Waals surface area contributed by atoms with E-state index in [4.69, 9.17) is 5.11 Å². The highest BCUT2D eigenvalue weighted by Crippen LogP contribution is 2.15. The van der Waals surface area contributed by atoms with E-state index in [9.17, 15) is 4.79 Å². The summed E-state index contributed by atoms with van der Waals surface area (Å²) < 4.78 is -0.607. The topological polar surface area (TPSA) is 49.3 Å². The van der Waals surface area contributed by atoms with E-state index in [1.807, 2.05) is 0 Å². The molecule has 3 nitrogen and oxygen atoms in total. The summed E-state index contributed by atoms with van der Waals surface area (Å²) in [6, 6.07) is 0. The minimum absolute atomic E-state index is 0.220. The van der Waals surface area contributed by atoms with Crippen molar-refractivity contribution in [2.75, 3.05) is 0 Å². The molecular weight excluding hydrogens is 198 g/mol. The zero-order chi connectivity index (χ0) is 8.36. The average molecular weight is 210 g/mol. The molecule has 0 fully saturated rings. The molecular formula is C6H12BrNO2. The van der Waals surface area contributed by atoms with Gasteiger partial charge in [0.1, 0.15) is 6.23 Å². The smallest absolute Gasteiger partial charge is 0.238 e. The number of alkyl halides is 1. The Bertz CT molecular complexity index is 128. The highest BCUT2D eigenvalue weighted by Gasteiger charge is 2.23. The maximum atomic E-state index is 11.0. The molecule has 0 aromatic heterocycles. The van der Waals surface area contributed by atoms with Gasteiger partial charge in [0.25, 0.3) is 0 Å². The van der Waals surface area contributed by atoms with Crippen molar-refractivity contribution in [2.45, 2.75) is 31.3 Å². The number of hydrogen-bond donors (Lipinski definition) is 2. The Morgan fingerprint density at radius 1 is 1.70 bits per heavy atom. The molecule has 0 bridgehead atoms. The molecule has 0 saturated heterocycles. The molecule has 60 valence electrons. The molecule has 0 radical (unpaired) electrons. The molecule has 1 unspecified atom stereocenters. The normalized spacial score (nSPS) is 14.5. The average Bonchev–Trinajstić information content (AvgIpc) is 1.60. The summed E-state index contributed by atoms with van der Waals surface area (Å²) in [5.41, 5.74) is 0. The number of carbonyl (C=O) groups is 1. The van der Waals surface area contributed by atoms with Crippen LogP contribution in [-0.2, 0) is 4.79 Å². The fourth-order valence-corrected chi connectivity index (χ4v) is 0.476. The van der Waals surface area contributed by atoms with Crippen LogP contribution in [0.25, 0.3) is 0 Å². The third-order valence-corrected chi connectivity index (χ3v) is 1.24. The predicted molar refractivity (Wildman–Crippen MR) is 42.8 cm³/mol. The summed E-state index contributed by atoms with van der Waals surface area (Å²) in [5.74, 6) is -0.220. The SMILES string of the molecule is CC(O)NC(=O)C(C)(C)Br.